The highest BCUT2D eigenvalue weighted by molar-refractivity contribution is 5.95. The number of hydrogen-bond donors (Lipinski definition) is 2. The molecule has 4 rings (SSSR count). The van der Waals surface area contributed by atoms with Gasteiger partial charge < -0.3 is 20.3 Å². The molecular weight excluding hydrogens is 344 g/mol. The van der Waals surface area contributed by atoms with E-state index >= 15 is 0 Å². The third kappa shape index (κ3) is 4.25. The molecule has 3 heterocycles. The molecule has 7 nitrogen and oxygen atoms in total. The maximum atomic E-state index is 12.7. The fourth-order valence-electron chi connectivity index (χ4n) is 3.52. The van der Waals surface area contributed by atoms with Crippen molar-refractivity contribution >= 4 is 17.6 Å². The van der Waals surface area contributed by atoms with Gasteiger partial charge in [0.05, 0.1) is 12.2 Å². The Kier molecular flexibility index (Phi) is 5.02. The number of rotatable bonds is 4. The number of fused-ring (bicyclic) bond motifs is 2. The summed E-state index contributed by atoms with van der Waals surface area (Å²) in [5.41, 5.74) is 2.24. The van der Waals surface area contributed by atoms with Gasteiger partial charge in [0, 0.05) is 43.3 Å². The number of carbonyl (C=O) groups excluding carboxylic acids is 2. The molecule has 2 aromatic rings. The van der Waals surface area contributed by atoms with Crippen molar-refractivity contribution in [3.05, 3.63) is 59.9 Å². The topological polar surface area (TPSA) is 83.6 Å². The molecule has 1 aromatic heterocycles. The summed E-state index contributed by atoms with van der Waals surface area (Å²) >= 11 is 0. The van der Waals surface area contributed by atoms with Crippen LogP contribution in [0.1, 0.15) is 28.8 Å². The number of amides is 3. The van der Waals surface area contributed by atoms with E-state index in [1.165, 1.54) is 0 Å². The monoisotopic (exact) mass is 366 g/mol. The Hall–Kier alpha value is -2.93. The van der Waals surface area contributed by atoms with Crippen LogP contribution >= 0.6 is 0 Å². The van der Waals surface area contributed by atoms with Crippen molar-refractivity contribution < 1.29 is 14.3 Å². The molecule has 2 atom stereocenters. The Morgan fingerprint density at radius 2 is 1.70 bits per heavy atom. The smallest absolute Gasteiger partial charge is 0.319 e. The normalized spacial score (nSPS) is 21.0. The van der Waals surface area contributed by atoms with Crippen molar-refractivity contribution in [1.29, 1.82) is 0 Å². The van der Waals surface area contributed by atoms with Crippen LogP contribution in [0, 0.1) is 0 Å². The van der Waals surface area contributed by atoms with Gasteiger partial charge in [-0.15, -0.1) is 0 Å². The molecule has 7 heteroatoms. The van der Waals surface area contributed by atoms with Crippen LogP contribution in [0.15, 0.2) is 48.8 Å². The van der Waals surface area contributed by atoms with Gasteiger partial charge in [0.15, 0.2) is 0 Å². The van der Waals surface area contributed by atoms with Gasteiger partial charge in [0.2, 0.25) is 0 Å². The summed E-state index contributed by atoms with van der Waals surface area (Å²) < 4.78 is 5.78. The van der Waals surface area contributed by atoms with Crippen LogP contribution in [-0.2, 0) is 11.3 Å². The molecule has 0 aliphatic carbocycles. The summed E-state index contributed by atoms with van der Waals surface area (Å²) in [4.78, 5) is 30.5. The van der Waals surface area contributed by atoms with E-state index in [1.807, 2.05) is 17.0 Å². The minimum atomic E-state index is -0.296. The second-order valence-corrected chi connectivity index (χ2v) is 6.91. The molecule has 2 bridgehead atoms. The molecule has 0 radical (unpaired) electrons. The molecule has 2 N–H and O–H groups in total. The molecule has 140 valence electrons. The Labute approximate surface area is 157 Å². The van der Waals surface area contributed by atoms with Crippen LogP contribution in [0.5, 0.6) is 0 Å². The maximum Gasteiger partial charge on any atom is 0.319 e. The number of urea groups is 1. The number of anilines is 1. The number of aromatic nitrogens is 1. The van der Waals surface area contributed by atoms with E-state index in [-0.39, 0.29) is 24.1 Å². The predicted octanol–water partition coefficient (Wildman–Crippen LogP) is 2.41. The van der Waals surface area contributed by atoms with E-state index in [0.717, 1.165) is 18.4 Å². The van der Waals surface area contributed by atoms with Crippen LogP contribution in [0.25, 0.3) is 0 Å². The SMILES string of the molecule is O=C(NCc1ccncc1)Nc1ccc(C(=O)N2CC3CCC(C2)O3)cc1. The number of ether oxygens (including phenoxy) is 1. The average Bonchev–Trinajstić information content (AvgIpc) is 3.05. The number of carbonyl (C=O) groups is 2. The fourth-order valence-corrected chi connectivity index (χ4v) is 3.52. The molecule has 2 unspecified atom stereocenters. The Balaban J connectivity index is 1.30. The lowest BCUT2D eigenvalue weighted by Crippen LogP contribution is -2.45. The number of likely N-dealkylation sites (tertiary alicyclic amines) is 1. The van der Waals surface area contributed by atoms with E-state index in [9.17, 15) is 9.59 Å². The highest BCUT2D eigenvalue weighted by atomic mass is 16.5. The second-order valence-electron chi connectivity index (χ2n) is 6.91. The van der Waals surface area contributed by atoms with Crippen molar-refractivity contribution in [2.24, 2.45) is 0 Å². The molecule has 2 saturated heterocycles. The van der Waals surface area contributed by atoms with E-state index < -0.39 is 0 Å². The largest absolute Gasteiger partial charge is 0.371 e. The molecule has 2 aliphatic rings. The van der Waals surface area contributed by atoms with Gasteiger partial charge in [-0.05, 0) is 54.8 Å². The number of morpholine rings is 1. The minimum absolute atomic E-state index is 0.0175. The average molecular weight is 366 g/mol. The molecule has 3 amide bonds. The lowest BCUT2D eigenvalue weighted by molar-refractivity contribution is -0.0303. The summed E-state index contributed by atoms with van der Waals surface area (Å²) in [5, 5.41) is 5.56. The van der Waals surface area contributed by atoms with E-state index in [0.29, 0.717) is 30.9 Å². The number of hydrogen-bond acceptors (Lipinski definition) is 4. The van der Waals surface area contributed by atoms with Gasteiger partial charge in [0.1, 0.15) is 0 Å². The molecule has 2 aliphatic heterocycles. The molecular formula is C20H22N4O3. The van der Waals surface area contributed by atoms with E-state index in [4.69, 9.17) is 4.74 Å². The van der Waals surface area contributed by atoms with Crippen LogP contribution in [-0.4, -0.2) is 47.1 Å². The number of nitrogens with one attached hydrogen (secondary N) is 2. The van der Waals surface area contributed by atoms with Crippen LogP contribution in [0.2, 0.25) is 0 Å². The van der Waals surface area contributed by atoms with Crippen molar-refractivity contribution in [2.45, 2.75) is 31.6 Å². The highest BCUT2D eigenvalue weighted by Gasteiger charge is 2.35. The van der Waals surface area contributed by atoms with Gasteiger partial charge in [-0.1, -0.05) is 0 Å². The molecule has 0 saturated carbocycles. The van der Waals surface area contributed by atoms with Crippen LogP contribution < -0.4 is 10.6 Å². The zero-order chi connectivity index (χ0) is 18.6. The summed E-state index contributed by atoms with van der Waals surface area (Å²) in [5.74, 6) is 0.0175. The lowest BCUT2D eigenvalue weighted by Gasteiger charge is -2.32. The second kappa shape index (κ2) is 7.75. The third-order valence-corrected chi connectivity index (χ3v) is 4.92. The summed E-state index contributed by atoms with van der Waals surface area (Å²) in [6, 6.07) is 10.4. The Morgan fingerprint density at radius 1 is 1.04 bits per heavy atom. The van der Waals surface area contributed by atoms with Gasteiger partial charge in [-0.2, -0.15) is 0 Å². The lowest BCUT2D eigenvalue weighted by atomic mass is 10.1. The quantitative estimate of drug-likeness (QED) is 0.870. The van der Waals surface area contributed by atoms with Gasteiger partial charge in [-0.25, -0.2) is 4.79 Å². The predicted molar refractivity (Wildman–Crippen MR) is 100 cm³/mol. The summed E-state index contributed by atoms with van der Waals surface area (Å²) in [6.07, 6.45) is 5.79. The first-order valence-corrected chi connectivity index (χ1v) is 9.16. The first-order valence-electron chi connectivity index (χ1n) is 9.16. The third-order valence-electron chi connectivity index (χ3n) is 4.92. The Bertz CT molecular complexity index is 798. The Morgan fingerprint density at radius 3 is 2.37 bits per heavy atom. The van der Waals surface area contributed by atoms with Gasteiger partial charge in [0.25, 0.3) is 5.91 Å². The number of nitrogens with zero attached hydrogens (tertiary/aromatic N) is 2. The zero-order valence-corrected chi connectivity index (χ0v) is 14.9. The molecule has 1 aromatic carbocycles. The van der Waals surface area contributed by atoms with Crippen molar-refractivity contribution in [3.63, 3.8) is 0 Å². The van der Waals surface area contributed by atoms with Crippen molar-refractivity contribution in [2.75, 3.05) is 18.4 Å². The van der Waals surface area contributed by atoms with Crippen molar-refractivity contribution in [3.8, 4) is 0 Å². The molecule has 27 heavy (non-hydrogen) atoms. The van der Waals surface area contributed by atoms with Gasteiger partial charge >= 0.3 is 6.03 Å². The fraction of sp³-hybridized carbons (Fsp3) is 0.350. The van der Waals surface area contributed by atoms with E-state index in [2.05, 4.69) is 15.6 Å². The number of benzene rings is 1. The first-order chi connectivity index (χ1) is 13.2. The highest BCUT2D eigenvalue weighted by Crippen LogP contribution is 2.27. The van der Waals surface area contributed by atoms with Gasteiger partial charge in [-0.3, -0.25) is 9.78 Å². The minimum Gasteiger partial charge on any atom is -0.371 e. The summed E-state index contributed by atoms with van der Waals surface area (Å²) in [6.45, 7) is 1.74. The van der Waals surface area contributed by atoms with Crippen LogP contribution in [0.3, 0.4) is 0 Å². The van der Waals surface area contributed by atoms with Crippen molar-refractivity contribution in [1.82, 2.24) is 15.2 Å². The first kappa shape index (κ1) is 17.5. The molecule has 0 spiro atoms. The summed E-state index contributed by atoms with van der Waals surface area (Å²) in [7, 11) is 0. The number of pyridine rings is 1. The van der Waals surface area contributed by atoms with Crippen LogP contribution in [0.4, 0.5) is 10.5 Å². The molecule has 2 fully saturated rings. The zero-order valence-electron chi connectivity index (χ0n) is 14.9. The van der Waals surface area contributed by atoms with E-state index in [1.54, 1.807) is 36.7 Å². The maximum absolute atomic E-state index is 12.7. The standard InChI is InChI=1S/C20H22N4O3/c25-19(24-12-17-5-6-18(13-24)27-17)15-1-3-16(4-2-15)23-20(26)22-11-14-7-9-21-10-8-14/h1-4,7-10,17-18H,5-6,11-13H2,(H2,22,23,26).